The van der Waals surface area contributed by atoms with Gasteiger partial charge in [-0.25, -0.2) is 0 Å². The number of likely N-dealkylation sites (tertiary alicyclic amines) is 1. The third kappa shape index (κ3) is 2.83. The number of carbonyl (C=O) groups excluding carboxylic acids is 1. The molecule has 1 aliphatic rings. The van der Waals surface area contributed by atoms with Gasteiger partial charge >= 0.3 is 0 Å². The van der Waals surface area contributed by atoms with Crippen LogP contribution in [0.4, 0.5) is 0 Å². The van der Waals surface area contributed by atoms with E-state index in [1.54, 1.807) is 18.2 Å². The van der Waals surface area contributed by atoms with Gasteiger partial charge in [-0.3, -0.25) is 14.6 Å². The summed E-state index contributed by atoms with van der Waals surface area (Å²) in [7, 11) is 0. The highest BCUT2D eigenvalue weighted by molar-refractivity contribution is 7.71. The Bertz CT molecular complexity index is 824. The molecule has 22 heavy (non-hydrogen) atoms. The Hall–Kier alpha value is -1.95. The molecule has 1 aromatic heterocycles. The van der Waals surface area contributed by atoms with Gasteiger partial charge in [0.15, 0.2) is 4.77 Å². The van der Waals surface area contributed by atoms with Gasteiger partial charge in [-0.1, -0.05) is 13.3 Å². The summed E-state index contributed by atoms with van der Waals surface area (Å²) < 4.78 is 0.270. The number of fused-ring (bicyclic) bond motifs is 1. The summed E-state index contributed by atoms with van der Waals surface area (Å²) in [4.78, 5) is 31.9. The largest absolute Gasteiger partial charge is 0.338 e. The van der Waals surface area contributed by atoms with Crippen molar-refractivity contribution >= 4 is 29.0 Å². The molecule has 0 bridgehead atoms. The molecule has 1 fully saturated rings. The van der Waals surface area contributed by atoms with Crippen LogP contribution in [0.2, 0.25) is 0 Å². The third-order valence-electron chi connectivity index (χ3n) is 4.37. The van der Waals surface area contributed by atoms with Crippen molar-refractivity contribution in [1.82, 2.24) is 14.9 Å². The summed E-state index contributed by atoms with van der Waals surface area (Å²) in [6, 6.07) is 5.11. The number of carbonyl (C=O) groups is 1. The van der Waals surface area contributed by atoms with Crippen molar-refractivity contribution in [3.8, 4) is 0 Å². The summed E-state index contributed by atoms with van der Waals surface area (Å²) in [6.07, 6.45) is 3.35. The van der Waals surface area contributed by atoms with E-state index in [1.807, 2.05) is 4.90 Å². The maximum absolute atomic E-state index is 12.7. The predicted molar refractivity (Wildman–Crippen MR) is 88.7 cm³/mol. The zero-order valence-electron chi connectivity index (χ0n) is 12.5. The molecule has 6 heteroatoms. The minimum Gasteiger partial charge on any atom is -0.338 e. The summed E-state index contributed by atoms with van der Waals surface area (Å²) >= 11 is 4.99. The van der Waals surface area contributed by atoms with Crippen molar-refractivity contribution in [1.29, 1.82) is 0 Å². The molecule has 0 spiro atoms. The molecule has 1 aliphatic heterocycles. The lowest BCUT2D eigenvalue weighted by Gasteiger charge is -2.32. The van der Waals surface area contributed by atoms with Crippen LogP contribution in [0.5, 0.6) is 0 Å². The van der Waals surface area contributed by atoms with Crippen LogP contribution in [0.15, 0.2) is 23.0 Å². The first-order chi connectivity index (χ1) is 10.6. The van der Waals surface area contributed by atoms with Crippen LogP contribution in [0.1, 0.15) is 36.5 Å². The first kappa shape index (κ1) is 15.0. The van der Waals surface area contributed by atoms with Crippen molar-refractivity contribution in [2.24, 2.45) is 5.92 Å². The van der Waals surface area contributed by atoms with E-state index in [-0.39, 0.29) is 16.2 Å². The van der Waals surface area contributed by atoms with Crippen LogP contribution in [0.25, 0.3) is 10.9 Å². The van der Waals surface area contributed by atoms with Gasteiger partial charge in [-0.15, -0.1) is 0 Å². The van der Waals surface area contributed by atoms with Crippen molar-refractivity contribution in [3.63, 3.8) is 0 Å². The Morgan fingerprint density at radius 2 is 2.23 bits per heavy atom. The molecule has 1 saturated heterocycles. The zero-order valence-corrected chi connectivity index (χ0v) is 13.3. The standard InChI is InChI=1S/C16H19N3O2S/c1-2-10-4-3-7-19(9-10)15(21)11-5-6-12-13(8-11)17-16(22)18-14(12)20/h5-6,8,10H,2-4,7,9H2,1H3,(H2,17,18,20,22)/t10-/m0/s1. The molecule has 0 saturated carbocycles. The fourth-order valence-electron chi connectivity index (χ4n) is 3.07. The lowest BCUT2D eigenvalue weighted by atomic mass is 9.95. The monoisotopic (exact) mass is 317 g/mol. The number of nitrogens with one attached hydrogen (secondary N) is 2. The van der Waals surface area contributed by atoms with Gasteiger partial charge in [0, 0.05) is 18.7 Å². The number of nitrogens with zero attached hydrogens (tertiary/aromatic N) is 1. The fraction of sp³-hybridized carbons (Fsp3) is 0.438. The summed E-state index contributed by atoms with van der Waals surface area (Å²) in [5.74, 6) is 0.617. The second-order valence-electron chi connectivity index (χ2n) is 5.84. The molecular weight excluding hydrogens is 298 g/mol. The van der Waals surface area contributed by atoms with E-state index in [0.29, 0.717) is 22.4 Å². The summed E-state index contributed by atoms with van der Waals surface area (Å²) in [5, 5.41) is 0.509. The number of aromatic amines is 2. The van der Waals surface area contributed by atoms with Crippen molar-refractivity contribution < 1.29 is 4.79 Å². The third-order valence-corrected chi connectivity index (χ3v) is 4.57. The first-order valence-electron chi connectivity index (χ1n) is 7.64. The molecule has 2 heterocycles. The number of benzene rings is 1. The van der Waals surface area contributed by atoms with Gasteiger partial charge in [0.25, 0.3) is 11.5 Å². The quantitative estimate of drug-likeness (QED) is 0.837. The first-order valence-corrected chi connectivity index (χ1v) is 8.05. The van der Waals surface area contributed by atoms with E-state index in [1.165, 1.54) is 6.42 Å². The highest BCUT2D eigenvalue weighted by Crippen LogP contribution is 2.21. The molecule has 2 N–H and O–H groups in total. The maximum atomic E-state index is 12.7. The van der Waals surface area contributed by atoms with Crippen molar-refractivity contribution in [3.05, 3.63) is 38.9 Å². The van der Waals surface area contributed by atoms with E-state index in [4.69, 9.17) is 12.2 Å². The van der Waals surface area contributed by atoms with Crippen LogP contribution in [0.3, 0.4) is 0 Å². The van der Waals surface area contributed by atoms with Gasteiger partial charge in [-0.2, -0.15) is 0 Å². The van der Waals surface area contributed by atoms with Crippen LogP contribution in [-0.4, -0.2) is 33.9 Å². The Kier molecular flexibility index (Phi) is 4.11. The highest BCUT2D eigenvalue weighted by atomic mass is 32.1. The molecule has 2 aromatic rings. The second-order valence-corrected chi connectivity index (χ2v) is 6.24. The SMILES string of the molecule is CC[C@H]1CCCN(C(=O)c2ccc3c(=O)[nH]c(=S)[nH]c3c2)C1. The maximum Gasteiger partial charge on any atom is 0.259 e. The molecular formula is C16H19N3O2S. The number of hydrogen-bond donors (Lipinski definition) is 2. The lowest BCUT2D eigenvalue weighted by molar-refractivity contribution is 0.0671. The number of amides is 1. The van der Waals surface area contributed by atoms with Crippen LogP contribution in [0, 0.1) is 10.7 Å². The number of H-pyrrole nitrogens is 2. The zero-order chi connectivity index (χ0) is 15.7. The van der Waals surface area contributed by atoms with Gasteiger partial charge < -0.3 is 9.88 Å². The number of piperidine rings is 1. The number of rotatable bonds is 2. The molecule has 1 atom stereocenters. The topological polar surface area (TPSA) is 69.0 Å². The Morgan fingerprint density at radius 1 is 1.41 bits per heavy atom. The number of hydrogen-bond acceptors (Lipinski definition) is 3. The van der Waals surface area contributed by atoms with E-state index in [9.17, 15) is 9.59 Å². The minimum atomic E-state index is -0.234. The lowest BCUT2D eigenvalue weighted by Crippen LogP contribution is -2.39. The molecule has 1 aromatic carbocycles. The summed E-state index contributed by atoms with van der Waals surface area (Å²) in [6.45, 7) is 3.79. The van der Waals surface area contributed by atoms with Crippen LogP contribution < -0.4 is 5.56 Å². The Morgan fingerprint density at radius 3 is 3.00 bits per heavy atom. The Labute approximate surface area is 133 Å². The van der Waals surface area contributed by atoms with Gasteiger partial charge in [-0.05, 0) is 49.2 Å². The predicted octanol–water partition coefficient (Wildman–Crippen LogP) is 2.85. The van der Waals surface area contributed by atoms with Gasteiger partial charge in [0.05, 0.1) is 10.9 Å². The Balaban J connectivity index is 1.94. The fourth-order valence-corrected chi connectivity index (χ4v) is 3.27. The summed E-state index contributed by atoms with van der Waals surface area (Å²) in [5.41, 5.74) is 0.964. The average molecular weight is 317 g/mol. The second kappa shape index (κ2) is 6.04. The van der Waals surface area contributed by atoms with E-state index in [0.717, 1.165) is 25.9 Å². The van der Waals surface area contributed by atoms with Crippen molar-refractivity contribution in [2.75, 3.05) is 13.1 Å². The molecule has 1 amide bonds. The van der Waals surface area contributed by atoms with E-state index < -0.39 is 0 Å². The van der Waals surface area contributed by atoms with E-state index in [2.05, 4.69) is 16.9 Å². The van der Waals surface area contributed by atoms with Crippen molar-refractivity contribution in [2.45, 2.75) is 26.2 Å². The van der Waals surface area contributed by atoms with E-state index >= 15 is 0 Å². The molecule has 3 rings (SSSR count). The average Bonchev–Trinajstić information content (AvgIpc) is 2.53. The minimum absolute atomic E-state index is 0.0275. The molecule has 116 valence electrons. The van der Waals surface area contributed by atoms with Crippen LogP contribution >= 0.6 is 12.2 Å². The van der Waals surface area contributed by atoms with Gasteiger partial charge in [0.2, 0.25) is 0 Å². The smallest absolute Gasteiger partial charge is 0.259 e. The highest BCUT2D eigenvalue weighted by Gasteiger charge is 2.23. The normalized spacial score (nSPS) is 18.6. The molecule has 5 nitrogen and oxygen atoms in total. The molecule has 0 unspecified atom stereocenters. The molecule has 0 radical (unpaired) electrons. The van der Waals surface area contributed by atoms with Crippen LogP contribution in [-0.2, 0) is 0 Å². The van der Waals surface area contributed by atoms with Gasteiger partial charge in [0.1, 0.15) is 0 Å². The number of aromatic nitrogens is 2. The molecule has 0 aliphatic carbocycles.